The van der Waals surface area contributed by atoms with Crippen LogP contribution in [0.25, 0.3) is 67.3 Å². The minimum Gasteiger partial charge on any atom is -0.261 e. The molecule has 0 radical (unpaired) electrons. The van der Waals surface area contributed by atoms with Crippen LogP contribution >= 0.6 is 0 Å². The normalized spacial score (nSPS) is 10.9. The summed E-state index contributed by atoms with van der Waals surface area (Å²) in [6.07, 6.45) is 14.0. The number of hydrogen-bond acceptors (Lipinski definition) is 6. The molecule has 198 valence electrons. The van der Waals surface area contributed by atoms with Crippen molar-refractivity contribution in [2.45, 2.75) is 0 Å². The van der Waals surface area contributed by atoms with E-state index in [-0.39, 0.29) is 0 Å². The van der Waals surface area contributed by atoms with Crippen LogP contribution in [0.15, 0.2) is 147 Å². The topological polar surface area (TPSA) is 77.3 Å². The molecule has 4 heterocycles. The van der Waals surface area contributed by atoms with E-state index in [0.717, 1.165) is 67.3 Å². The van der Waals surface area contributed by atoms with E-state index in [2.05, 4.69) is 80.6 Å². The Labute approximate surface area is 243 Å². The zero-order valence-corrected chi connectivity index (χ0v) is 22.5. The van der Waals surface area contributed by atoms with Gasteiger partial charge in [-0.2, -0.15) is 0 Å². The van der Waals surface area contributed by atoms with E-state index in [1.165, 1.54) is 0 Å². The summed E-state index contributed by atoms with van der Waals surface area (Å²) in [5, 5.41) is 0. The number of hydrogen-bond donors (Lipinski definition) is 0. The third-order valence-electron chi connectivity index (χ3n) is 7.15. The number of benzene rings is 3. The minimum absolute atomic E-state index is 0.836. The molecule has 0 fully saturated rings. The molecule has 0 saturated heterocycles. The molecule has 6 heteroatoms. The molecule has 6 nitrogen and oxygen atoms in total. The smallest absolute Gasteiger partial charge is 0.0885 e. The molecular formula is C36H24N6. The molecule has 7 rings (SSSR count). The summed E-state index contributed by atoms with van der Waals surface area (Å²) in [5.41, 5.74) is 11.9. The SMILES string of the molecule is c1ccc(-c2cc(-c3ccccn3)c(-c3ccc(-c4cnccn4)cc3)cc2-c2ccc(-c3cnccn3)cc2)nc1. The van der Waals surface area contributed by atoms with Crippen LogP contribution in [0, 0.1) is 0 Å². The summed E-state index contributed by atoms with van der Waals surface area (Å²) in [6, 6.07) is 33.3. The fraction of sp³-hybridized carbons (Fsp3) is 0. The average molecular weight is 541 g/mol. The molecule has 0 aliphatic heterocycles. The maximum Gasteiger partial charge on any atom is 0.0885 e. The molecule has 0 N–H and O–H groups in total. The van der Waals surface area contributed by atoms with Crippen LogP contribution in [0.5, 0.6) is 0 Å². The summed E-state index contributed by atoms with van der Waals surface area (Å²) in [6.45, 7) is 0. The number of nitrogens with zero attached hydrogens (tertiary/aromatic N) is 6. The van der Waals surface area contributed by atoms with Crippen molar-refractivity contribution in [2.75, 3.05) is 0 Å². The third kappa shape index (κ3) is 5.05. The first-order valence-corrected chi connectivity index (χ1v) is 13.6. The predicted octanol–water partition coefficient (Wildman–Crippen LogP) is 8.06. The highest BCUT2D eigenvalue weighted by Gasteiger charge is 2.17. The molecule has 7 aromatic rings. The van der Waals surface area contributed by atoms with Crippen molar-refractivity contribution in [2.24, 2.45) is 0 Å². The summed E-state index contributed by atoms with van der Waals surface area (Å²) in [7, 11) is 0. The maximum atomic E-state index is 4.73. The Morgan fingerprint density at radius 3 is 1.10 bits per heavy atom. The van der Waals surface area contributed by atoms with Gasteiger partial charge in [-0.05, 0) is 58.7 Å². The van der Waals surface area contributed by atoms with Gasteiger partial charge in [0.15, 0.2) is 0 Å². The largest absolute Gasteiger partial charge is 0.261 e. The van der Waals surface area contributed by atoms with E-state index in [1.807, 2.05) is 48.8 Å². The quantitative estimate of drug-likeness (QED) is 0.212. The van der Waals surface area contributed by atoms with Gasteiger partial charge in [-0.25, -0.2) is 0 Å². The monoisotopic (exact) mass is 540 g/mol. The number of pyridine rings is 2. The van der Waals surface area contributed by atoms with Gasteiger partial charge in [0.2, 0.25) is 0 Å². The molecule has 0 spiro atoms. The van der Waals surface area contributed by atoms with E-state index >= 15 is 0 Å². The van der Waals surface area contributed by atoms with Crippen LogP contribution < -0.4 is 0 Å². The zero-order chi connectivity index (χ0) is 28.1. The lowest BCUT2D eigenvalue weighted by molar-refractivity contribution is 1.21. The first kappa shape index (κ1) is 25.1. The van der Waals surface area contributed by atoms with Crippen molar-refractivity contribution in [1.82, 2.24) is 29.9 Å². The third-order valence-corrected chi connectivity index (χ3v) is 7.15. The van der Waals surface area contributed by atoms with Crippen LogP contribution in [0.3, 0.4) is 0 Å². The Morgan fingerprint density at radius 2 is 0.714 bits per heavy atom. The van der Waals surface area contributed by atoms with E-state index in [9.17, 15) is 0 Å². The summed E-state index contributed by atoms with van der Waals surface area (Å²) >= 11 is 0. The van der Waals surface area contributed by atoms with Gasteiger partial charge in [0, 0.05) is 59.4 Å². The van der Waals surface area contributed by atoms with Crippen LogP contribution in [0.1, 0.15) is 0 Å². The molecule has 0 aliphatic rings. The summed E-state index contributed by atoms with van der Waals surface area (Å²) in [4.78, 5) is 26.8. The summed E-state index contributed by atoms with van der Waals surface area (Å²) in [5.74, 6) is 0. The molecule has 0 aliphatic carbocycles. The second-order valence-corrected chi connectivity index (χ2v) is 9.71. The highest BCUT2D eigenvalue weighted by molar-refractivity contribution is 5.94. The minimum atomic E-state index is 0.836. The van der Waals surface area contributed by atoms with E-state index in [1.54, 1.807) is 37.2 Å². The Kier molecular flexibility index (Phi) is 6.76. The first-order chi connectivity index (χ1) is 20.8. The first-order valence-electron chi connectivity index (χ1n) is 13.6. The maximum absolute atomic E-state index is 4.73. The van der Waals surface area contributed by atoms with Gasteiger partial charge in [-0.1, -0.05) is 60.7 Å². The molecule has 0 amide bonds. The number of aromatic nitrogens is 6. The second kappa shape index (κ2) is 11.3. The Bertz CT molecular complexity index is 1790. The van der Waals surface area contributed by atoms with Crippen LogP contribution in [0.2, 0.25) is 0 Å². The van der Waals surface area contributed by atoms with Gasteiger partial charge < -0.3 is 0 Å². The number of rotatable bonds is 6. The van der Waals surface area contributed by atoms with E-state index in [0.29, 0.717) is 0 Å². The predicted molar refractivity (Wildman–Crippen MR) is 166 cm³/mol. The lowest BCUT2D eigenvalue weighted by atomic mass is 9.87. The fourth-order valence-corrected chi connectivity index (χ4v) is 5.08. The van der Waals surface area contributed by atoms with Gasteiger partial charge in [-0.3, -0.25) is 29.9 Å². The van der Waals surface area contributed by atoms with Gasteiger partial charge in [-0.15, -0.1) is 0 Å². The van der Waals surface area contributed by atoms with E-state index in [4.69, 9.17) is 9.97 Å². The van der Waals surface area contributed by atoms with Crippen LogP contribution in [-0.2, 0) is 0 Å². The second-order valence-electron chi connectivity index (χ2n) is 9.71. The van der Waals surface area contributed by atoms with Crippen molar-refractivity contribution in [3.8, 4) is 67.3 Å². The molecule has 0 saturated carbocycles. The Balaban J connectivity index is 1.42. The Hall–Kier alpha value is -5.88. The Morgan fingerprint density at radius 1 is 0.310 bits per heavy atom. The van der Waals surface area contributed by atoms with Gasteiger partial charge in [0.25, 0.3) is 0 Å². The fourth-order valence-electron chi connectivity index (χ4n) is 5.08. The lowest BCUT2D eigenvalue weighted by Crippen LogP contribution is -1.95. The molecule has 0 bridgehead atoms. The van der Waals surface area contributed by atoms with Crippen LogP contribution in [-0.4, -0.2) is 29.9 Å². The van der Waals surface area contributed by atoms with Gasteiger partial charge in [0.05, 0.1) is 35.2 Å². The molecule has 0 atom stereocenters. The highest BCUT2D eigenvalue weighted by Crippen LogP contribution is 2.41. The summed E-state index contributed by atoms with van der Waals surface area (Å²) < 4.78 is 0. The highest BCUT2D eigenvalue weighted by atomic mass is 14.8. The molecule has 42 heavy (non-hydrogen) atoms. The zero-order valence-electron chi connectivity index (χ0n) is 22.5. The molecule has 4 aromatic heterocycles. The standard InChI is InChI=1S/C36H24N6/c1-3-15-39-33(5-1)31-22-32(34-6-2-4-16-40-34)30(26-9-13-28(14-10-26)36-24-38-18-20-42-36)21-29(31)25-7-11-27(12-8-25)35-23-37-17-19-41-35/h1-24H. The van der Waals surface area contributed by atoms with Crippen molar-refractivity contribution >= 4 is 0 Å². The van der Waals surface area contributed by atoms with Crippen molar-refractivity contribution in [3.63, 3.8) is 0 Å². The van der Waals surface area contributed by atoms with Crippen molar-refractivity contribution < 1.29 is 0 Å². The van der Waals surface area contributed by atoms with Gasteiger partial charge >= 0.3 is 0 Å². The molecular weight excluding hydrogens is 516 g/mol. The van der Waals surface area contributed by atoms with E-state index < -0.39 is 0 Å². The molecule has 3 aromatic carbocycles. The van der Waals surface area contributed by atoms with Crippen molar-refractivity contribution in [3.05, 3.63) is 147 Å². The van der Waals surface area contributed by atoms with Crippen LogP contribution in [0.4, 0.5) is 0 Å². The average Bonchev–Trinajstić information content (AvgIpc) is 3.09. The lowest BCUT2D eigenvalue weighted by Gasteiger charge is -2.18. The molecule has 0 unspecified atom stereocenters. The van der Waals surface area contributed by atoms with Crippen molar-refractivity contribution in [1.29, 1.82) is 0 Å². The van der Waals surface area contributed by atoms with Gasteiger partial charge in [0.1, 0.15) is 0 Å².